The molecule has 0 aliphatic carbocycles. The lowest BCUT2D eigenvalue weighted by Crippen LogP contribution is -2.45. The average molecular weight is 356 g/mol. The van der Waals surface area contributed by atoms with Crippen LogP contribution in [0.15, 0.2) is 46.9 Å². The van der Waals surface area contributed by atoms with Gasteiger partial charge in [-0.15, -0.1) is 0 Å². The van der Waals surface area contributed by atoms with Crippen LogP contribution >= 0.6 is 0 Å². The van der Waals surface area contributed by atoms with Gasteiger partial charge in [0.25, 0.3) is 0 Å². The van der Waals surface area contributed by atoms with E-state index >= 15 is 0 Å². The number of furan rings is 1. The Bertz CT molecular complexity index is 820. The molecule has 1 aromatic carbocycles. The van der Waals surface area contributed by atoms with Crippen molar-refractivity contribution in [2.75, 3.05) is 13.1 Å². The summed E-state index contributed by atoms with van der Waals surface area (Å²) in [6.07, 6.45) is 4.46. The Morgan fingerprint density at radius 2 is 1.92 bits per heavy atom. The van der Waals surface area contributed by atoms with E-state index in [0.717, 1.165) is 12.8 Å². The Balaban J connectivity index is 1.55. The molecule has 1 aliphatic heterocycles. The minimum atomic E-state index is -0.355. The summed E-state index contributed by atoms with van der Waals surface area (Å²) in [7, 11) is 0. The van der Waals surface area contributed by atoms with E-state index in [2.05, 4.69) is 5.32 Å². The fourth-order valence-corrected chi connectivity index (χ4v) is 2.99. The van der Waals surface area contributed by atoms with Gasteiger partial charge in [0.2, 0.25) is 11.8 Å². The standard InChI is InChI=1S/C20H21FN2O3/c1-14(24)23-12-10-15(11-13-23)22-20(25)9-7-16-6-8-19(26-16)17-4-2-3-5-18(17)21/h2-9,15H,10-13H2,1H3,(H,22,25)/b9-7-. The number of nitrogens with zero attached hydrogens (tertiary/aromatic N) is 1. The third-order valence-corrected chi connectivity index (χ3v) is 4.45. The highest BCUT2D eigenvalue weighted by Crippen LogP contribution is 2.25. The van der Waals surface area contributed by atoms with Crippen molar-refractivity contribution in [1.29, 1.82) is 0 Å². The number of carbonyl (C=O) groups excluding carboxylic acids is 2. The number of carbonyl (C=O) groups is 2. The van der Waals surface area contributed by atoms with Gasteiger partial charge in [-0.3, -0.25) is 9.59 Å². The van der Waals surface area contributed by atoms with Gasteiger partial charge >= 0.3 is 0 Å². The lowest BCUT2D eigenvalue weighted by atomic mass is 10.1. The van der Waals surface area contributed by atoms with E-state index in [-0.39, 0.29) is 23.7 Å². The van der Waals surface area contributed by atoms with Crippen molar-refractivity contribution in [3.05, 3.63) is 54.1 Å². The SMILES string of the molecule is CC(=O)N1CCC(NC(=O)/C=C\c2ccc(-c3ccccc3F)o2)CC1. The van der Waals surface area contributed by atoms with Gasteiger partial charge in [0.15, 0.2) is 0 Å². The molecule has 3 rings (SSSR count). The highest BCUT2D eigenvalue weighted by molar-refractivity contribution is 5.91. The topological polar surface area (TPSA) is 62.6 Å². The molecule has 0 unspecified atom stereocenters. The first kappa shape index (κ1) is 17.9. The van der Waals surface area contributed by atoms with Crippen LogP contribution in [0.2, 0.25) is 0 Å². The van der Waals surface area contributed by atoms with Gasteiger partial charge in [0.05, 0.1) is 5.56 Å². The minimum absolute atomic E-state index is 0.0633. The predicted octanol–water partition coefficient (Wildman–Crippen LogP) is 3.23. The molecule has 0 radical (unpaired) electrons. The lowest BCUT2D eigenvalue weighted by Gasteiger charge is -2.31. The number of nitrogens with one attached hydrogen (secondary N) is 1. The quantitative estimate of drug-likeness (QED) is 0.856. The third-order valence-electron chi connectivity index (χ3n) is 4.45. The molecule has 0 bridgehead atoms. The molecule has 0 spiro atoms. The van der Waals surface area contributed by atoms with Crippen molar-refractivity contribution in [2.24, 2.45) is 0 Å². The zero-order valence-corrected chi connectivity index (χ0v) is 14.6. The van der Waals surface area contributed by atoms with Crippen LogP contribution < -0.4 is 5.32 Å². The van der Waals surface area contributed by atoms with Crippen LogP contribution in [0.1, 0.15) is 25.5 Å². The van der Waals surface area contributed by atoms with Crippen LogP contribution in [-0.4, -0.2) is 35.8 Å². The Morgan fingerprint density at radius 1 is 1.19 bits per heavy atom. The van der Waals surface area contributed by atoms with E-state index in [0.29, 0.717) is 30.2 Å². The number of piperidine rings is 1. The maximum atomic E-state index is 13.8. The van der Waals surface area contributed by atoms with Gasteiger partial charge < -0.3 is 14.6 Å². The molecule has 0 atom stereocenters. The highest BCUT2D eigenvalue weighted by atomic mass is 19.1. The Labute approximate surface area is 151 Å². The van der Waals surface area contributed by atoms with Crippen LogP contribution in [-0.2, 0) is 9.59 Å². The molecule has 1 aromatic heterocycles. The molecule has 1 fully saturated rings. The van der Waals surface area contributed by atoms with E-state index < -0.39 is 0 Å². The first-order chi connectivity index (χ1) is 12.5. The Morgan fingerprint density at radius 3 is 2.62 bits per heavy atom. The van der Waals surface area contributed by atoms with Gasteiger partial charge in [0.1, 0.15) is 17.3 Å². The summed E-state index contributed by atoms with van der Waals surface area (Å²) < 4.78 is 19.4. The summed E-state index contributed by atoms with van der Waals surface area (Å²) in [6, 6.07) is 9.80. The van der Waals surface area contributed by atoms with Crippen molar-refractivity contribution >= 4 is 17.9 Å². The minimum Gasteiger partial charge on any atom is -0.457 e. The number of rotatable bonds is 4. The third kappa shape index (κ3) is 4.39. The zero-order chi connectivity index (χ0) is 18.5. The van der Waals surface area contributed by atoms with Crippen molar-refractivity contribution in [2.45, 2.75) is 25.8 Å². The average Bonchev–Trinajstić information content (AvgIpc) is 3.09. The van der Waals surface area contributed by atoms with Gasteiger partial charge in [-0.05, 0) is 43.2 Å². The van der Waals surface area contributed by atoms with Crippen LogP contribution in [0.5, 0.6) is 0 Å². The van der Waals surface area contributed by atoms with E-state index in [1.807, 2.05) is 0 Å². The number of amides is 2. The molecule has 0 saturated carbocycles. The van der Waals surface area contributed by atoms with Gasteiger partial charge in [-0.25, -0.2) is 4.39 Å². The van der Waals surface area contributed by atoms with Crippen molar-refractivity contribution in [3.63, 3.8) is 0 Å². The number of hydrogen-bond donors (Lipinski definition) is 1. The summed E-state index contributed by atoms with van der Waals surface area (Å²) in [6.45, 7) is 2.88. The number of benzene rings is 1. The zero-order valence-electron chi connectivity index (χ0n) is 14.6. The van der Waals surface area contributed by atoms with E-state index in [1.165, 1.54) is 12.1 Å². The van der Waals surface area contributed by atoms with Crippen LogP contribution in [0.3, 0.4) is 0 Å². The lowest BCUT2D eigenvalue weighted by molar-refractivity contribution is -0.129. The molecule has 1 N–H and O–H groups in total. The first-order valence-electron chi connectivity index (χ1n) is 8.62. The fraction of sp³-hybridized carbons (Fsp3) is 0.300. The monoisotopic (exact) mass is 356 g/mol. The number of halogens is 1. The second-order valence-electron chi connectivity index (χ2n) is 6.30. The summed E-state index contributed by atoms with van der Waals surface area (Å²) in [5, 5.41) is 2.93. The molecule has 6 heteroatoms. The van der Waals surface area contributed by atoms with Crippen LogP contribution in [0.4, 0.5) is 4.39 Å². The summed E-state index contributed by atoms with van der Waals surface area (Å²) in [5.74, 6) is 0.393. The van der Waals surface area contributed by atoms with Crippen molar-refractivity contribution < 1.29 is 18.4 Å². The largest absolute Gasteiger partial charge is 0.457 e. The van der Waals surface area contributed by atoms with Crippen molar-refractivity contribution in [1.82, 2.24) is 10.2 Å². The summed E-state index contributed by atoms with van der Waals surface area (Å²) >= 11 is 0. The van der Waals surface area contributed by atoms with E-state index in [9.17, 15) is 14.0 Å². The molecule has 2 aromatic rings. The molecular formula is C20H21FN2O3. The van der Waals surface area contributed by atoms with Crippen molar-refractivity contribution in [3.8, 4) is 11.3 Å². The van der Waals surface area contributed by atoms with Gasteiger partial charge in [-0.1, -0.05) is 12.1 Å². The fourth-order valence-electron chi connectivity index (χ4n) is 2.99. The molecule has 2 amide bonds. The molecule has 136 valence electrons. The number of likely N-dealkylation sites (tertiary alicyclic amines) is 1. The smallest absolute Gasteiger partial charge is 0.244 e. The van der Waals surface area contributed by atoms with Crippen LogP contribution in [0.25, 0.3) is 17.4 Å². The second kappa shape index (κ2) is 7.99. The maximum absolute atomic E-state index is 13.8. The maximum Gasteiger partial charge on any atom is 0.244 e. The Hall–Kier alpha value is -2.89. The van der Waals surface area contributed by atoms with Crippen LogP contribution in [0, 0.1) is 5.82 Å². The second-order valence-corrected chi connectivity index (χ2v) is 6.30. The van der Waals surface area contributed by atoms with E-state index in [4.69, 9.17) is 4.42 Å². The molecule has 2 heterocycles. The van der Waals surface area contributed by atoms with E-state index in [1.54, 1.807) is 48.2 Å². The normalized spacial score (nSPS) is 15.4. The number of hydrogen-bond acceptors (Lipinski definition) is 3. The summed E-state index contributed by atoms with van der Waals surface area (Å²) in [4.78, 5) is 25.1. The Kier molecular flexibility index (Phi) is 5.51. The molecule has 5 nitrogen and oxygen atoms in total. The molecule has 1 aliphatic rings. The molecule has 1 saturated heterocycles. The van der Waals surface area contributed by atoms with Gasteiger partial charge in [0, 0.05) is 32.1 Å². The summed E-state index contributed by atoms with van der Waals surface area (Å²) in [5.41, 5.74) is 0.383. The molecular weight excluding hydrogens is 335 g/mol. The first-order valence-corrected chi connectivity index (χ1v) is 8.62. The predicted molar refractivity (Wildman–Crippen MR) is 96.6 cm³/mol. The van der Waals surface area contributed by atoms with Gasteiger partial charge in [-0.2, -0.15) is 0 Å². The highest BCUT2D eigenvalue weighted by Gasteiger charge is 2.21. The molecule has 26 heavy (non-hydrogen) atoms.